The molecule has 0 spiro atoms. The van der Waals surface area contributed by atoms with Crippen LogP contribution in [-0.4, -0.2) is 65.8 Å². The summed E-state index contributed by atoms with van der Waals surface area (Å²) in [5, 5.41) is 9.23. The van der Waals surface area contributed by atoms with Crippen LogP contribution in [0.15, 0.2) is 0 Å². The van der Waals surface area contributed by atoms with Crippen LogP contribution >= 0.6 is 0 Å². The van der Waals surface area contributed by atoms with Crippen molar-refractivity contribution in [3.8, 4) is 0 Å². The Morgan fingerprint density at radius 3 is 2.76 bits per heavy atom. The Morgan fingerprint density at radius 2 is 2.10 bits per heavy atom. The minimum absolute atomic E-state index is 0.0464. The zero-order chi connectivity index (χ0) is 15.4. The first-order chi connectivity index (χ1) is 10.1. The molecule has 2 aliphatic rings. The van der Waals surface area contributed by atoms with Gasteiger partial charge in [0, 0.05) is 19.6 Å². The summed E-state index contributed by atoms with van der Waals surface area (Å²) in [5.74, 6) is -1.51. The minimum Gasteiger partial charge on any atom is -0.481 e. The summed E-state index contributed by atoms with van der Waals surface area (Å²) < 4.78 is 5.27. The van der Waals surface area contributed by atoms with Crippen molar-refractivity contribution in [2.45, 2.75) is 51.1 Å². The monoisotopic (exact) mass is 298 g/mol. The number of carbonyl (C=O) groups excluding carboxylic acids is 1. The number of hydrogen-bond acceptors (Lipinski definition) is 3. The van der Waals surface area contributed by atoms with Crippen LogP contribution in [0.4, 0.5) is 4.79 Å². The molecule has 0 aromatic heterocycles. The van der Waals surface area contributed by atoms with Crippen LogP contribution in [0.5, 0.6) is 0 Å². The van der Waals surface area contributed by atoms with Crippen molar-refractivity contribution in [1.82, 2.24) is 9.80 Å². The number of rotatable bonds is 4. The van der Waals surface area contributed by atoms with Crippen molar-refractivity contribution < 1.29 is 19.4 Å². The van der Waals surface area contributed by atoms with Crippen molar-refractivity contribution in [3.05, 3.63) is 0 Å². The normalized spacial score (nSPS) is 29.4. The fraction of sp³-hybridized carbons (Fsp3) is 0.867. The first-order valence-corrected chi connectivity index (χ1v) is 7.90. The van der Waals surface area contributed by atoms with Gasteiger partial charge in [0.05, 0.1) is 19.3 Å². The highest BCUT2D eigenvalue weighted by Gasteiger charge is 2.40. The Bertz CT molecular complexity index is 386. The van der Waals surface area contributed by atoms with Gasteiger partial charge in [0.2, 0.25) is 0 Å². The molecule has 2 aliphatic heterocycles. The number of hydrogen-bond donors (Lipinski definition) is 1. The maximum absolute atomic E-state index is 12.7. The predicted molar refractivity (Wildman–Crippen MR) is 78.1 cm³/mol. The maximum atomic E-state index is 12.7. The number of ether oxygens (including phenoxy) is 1. The molecular weight excluding hydrogens is 272 g/mol. The first-order valence-electron chi connectivity index (χ1n) is 7.90. The van der Waals surface area contributed by atoms with Crippen molar-refractivity contribution >= 4 is 12.0 Å². The number of likely N-dealkylation sites (tertiary alicyclic amines) is 1. The molecule has 1 N–H and O–H groups in total. The molecule has 2 heterocycles. The van der Waals surface area contributed by atoms with Crippen LogP contribution in [0.1, 0.15) is 39.0 Å². The Morgan fingerprint density at radius 1 is 1.33 bits per heavy atom. The van der Waals surface area contributed by atoms with Crippen molar-refractivity contribution in [3.63, 3.8) is 0 Å². The van der Waals surface area contributed by atoms with Crippen LogP contribution in [0, 0.1) is 5.92 Å². The highest BCUT2D eigenvalue weighted by atomic mass is 16.5. The summed E-state index contributed by atoms with van der Waals surface area (Å²) in [6.07, 6.45) is 5.33. The first kappa shape index (κ1) is 16.1. The van der Waals surface area contributed by atoms with Gasteiger partial charge in [-0.1, -0.05) is 13.3 Å². The van der Waals surface area contributed by atoms with Crippen LogP contribution in [0.25, 0.3) is 0 Å². The van der Waals surface area contributed by atoms with Gasteiger partial charge >= 0.3 is 12.0 Å². The van der Waals surface area contributed by atoms with Gasteiger partial charge < -0.3 is 19.6 Å². The Kier molecular flexibility index (Phi) is 5.45. The molecule has 6 heteroatoms. The van der Waals surface area contributed by atoms with E-state index < -0.39 is 11.9 Å². The second kappa shape index (κ2) is 7.11. The topological polar surface area (TPSA) is 70.1 Å². The summed E-state index contributed by atoms with van der Waals surface area (Å²) in [5.41, 5.74) is 0. The standard InChI is InChI=1S/C15H26N2O4/c1-3-6-11-7-4-5-8-17(11)15(20)16(2)13-10-21-9-12(13)14(18)19/h11-13H,3-10H2,1-2H3,(H,18,19). The predicted octanol–water partition coefficient (Wildman–Crippen LogP) is 1.79. The van der Waals surface area contributed by atoms with E-state index in [1.54, 1.807) is 11.9 Å². The molecule has 0 aliphatic carbocycles. The SMILES string of the molecule is CCCC1CCCCN1C(=O)N(C)C1COCC1C(=O)O. The summed E-state index contributed by atoms with van der Waals surface area (Å²) >= 11 is 0. The summed E-state index contributed by atoms with van der Waals surface area (Å²) in [4.78, 5) is 27.5. The lowest BCUT2D eigenvalue weighted by Gasteiger charge is -2.40. The zero-order valence-corrected chi connectivity index (χ0v) is 13.0. The lowest BCUT2D eigenvalue weighted by molar-refractivity contribution is -0.142. The lowest BCUT2D eigenvalue weighted by atomic mass is 9.98. The Balaban J connectivity index is 2.05. The molecule has 3 atom stereocenters. The number of likely N-dealkylation sites (N-methyl/N-ethyl adjacent to an activating group) is 1. The number of carbonyl (C=O) groups is 2. The van der Waals surface area contributed by atoms with E-state index in [1.807, 2.05) is 4.90 Å². The molecule has 2 saturated heterocycles. The van der Waals surface area contributed by atoms with Gasteiger partial charge in [-0.3, -0.25) is 4.79 Å². The van der Waals surface area contributed by atoms with E-state index in [0.29, 0.717) is 12.6 Å². The number of nitrogens with zero attached hydrogens (tertiary/aromatic N) is 2. The zero-order valence-electron chi connectivity index (χ0n) is 13.0. The number of carboxylic acid groups (broad SMARTS) is 1. The molecule has 2 fully saturated rings. The van der Waals surface area contributed by atoms with Gasteiger partial charge in [0.25, 0.3) is 0 Å². The second-order valence-corrected chi connectivity index (χ2v) is 6.07. The summed E-state index contributed by atoms with van der Waals surface area (Å²) in [7, 11) is 1.70. The average Bonchev–Trinajstić information content (AvgIpc) is 2.96. The number of aliphatic carboxylic acids is 1. The van der Waals surface area contributed by atoms with Crippen LogP contribution in [-0.2, 0) is 9.53 Å². The molecule has 2 amide bonds. The molecule has 0 radical (unpaired) electrons. The third kappa shape index (κ3) is 3.48. The summed E-state index contributed by atoms with van der Waals surface area (Å²) in [6, 6.07) is -0.113. The molecular formula is C15H26N2O4. The molecule has 3 unspecified atom stereocenters. The summed E-state index contributed by atoms with van der Waals surface area (Å²) in [6.45, 7) is 3.41. The van der Waals surface area contributed by atoms with E-state index in [-0.39, 0.29) is 18.7 Å². The van der Waals surface area contributed by atoms with Crippen molar-refractivity contribution in [2.75, 3.05) is 26.8 Å². The van der Waals surface area contributed by atoms with Crippen molar-refractivity contribution in [2.24, 2.45) is 5.92 Å². The number of carboxylic acids is 1. The third-order valence-electron chi connectivity index (χ3n) is 4.66. The van der Waals surface area contributed by atoms with Crippen molar-refractivity contribution in [1.29, 1.82) is 0 Å². The van der Waals surface area contributed by atoms with E-state index in [1.165, 1.54) is 6.42 Å². The van der Waals surface area contributed by atoms with Crippen LogP contribution in [0.3, 0.4) is 0 Å². The highest BCUT2D eigenvalue weighted by molar-refractivity contribution is 5.77. The highest BCUT2D eigenvalue weighted by Crippen LogP contribution is 2.25. The molecule has 6 nitrogen and oxygen atoms in total. The number of piperidine rings is 1. The van der Waals surface area contributed by atoms with E-state index in [2.05, 4.69) is 6.92 Å². The fourth-order valence-corrected chi connectivity index (χ4v) is 3.39. The molecule has 0 saturated carbocycles. The average molecular weight is 298 g/mol. The van der Waals surface area contributed by atoms with E-state index >= 15 is 0 Å². The van der Waals surface area contributed by atoms with E-state index in [9.17, 15) is 14.7 Å². The van der Waals surface area contributed by atoms with Gasteiger partial charge in [0.15, 0.2) is 0 Å². The molecule has 0 aromatic carbocycles. The molecule has 21 heavy (non-hydrogen) atoms. The molecule has 2 rings (SSSR count). The van der Waals surface area contributed by atoms with E-state index in [4.69, 9.17) is 4.74 Å². The van der Waals surface area contributed by atoms with Gasteiger partial charge in [0.1, 0.15) is 5.92 Å². The van der Waals surface area contributed by atoms with Crippen LogP contribution in [0.2, 0.25) is 0 Å². The number of urea groups is 1. The number of amides is 2. The lowest BCUT2D eigenvalue weighted by Crippen LogP contribution is -2.54. The maximum Gasteiger partial charge on any atom is 0.320 e. The van der Waals surface area contributed by atoms with Gasteiger partial charge in [-0.15, -0.1) is 0 Å². The fourth-order valence-electron chi connectivity index (χ4n) is 3.39. The third-order valence-corrected chi connectivity index (χ3v) is 4.66. The largest absolute Gasteiger partial charge is 0.481 e. The quantitative estimate of drug-likeness (QED) is 0.859. The Labute approximate surface area is 126 Å². The van der Waals surface area contributed by atoms with Gasteiger partial charge in [-0.2, -0.15) is 0 Å². The minimum atomic E-state index is -0.888. The molecule has 0 aromatic rings. The Hall–Kier alpha value is -1.30. The second-order valence-electron chi connectivity index (χ2n) is 6.07. The van der Waals surface area contributed by atoms with Gasteiger partial charge in [-0.25, -0.2) is 4.79 Å². The molecule has 120 valence electrons. The smallest absolute Gasteiger partial charge is 0.320 e. The molecule has 0 bridgehead atoms. The van der Waals surface area contributed by atoms with Gasteiger partial charge in [-0.05, 0) is 25.7 Å². The van der Waals surface area contributed by atoms with Crippen LogP contribution < -0.4 is 0 Å². The van der Waals surface area contributed by atoms with E-state index in [0.717, 1.165) is 32.2 Å².